The predicted octanol–water partition coefficient (Wildman–Crippen LogP) is -0.0347. The van der Waals surface area contributed by atoms with Crippen LogP contribution in [0.5, 0.6) is 0 Å². The first-order valence-electron chi connectivity index (χ1n) is 4.74. The average Bonchev–Trinajstić information content (AvgIpc) is 2.36. The third kappa shape index (κ3) is 1.39. The van der Waals surface area contributed by atoms with Crippen LogP contribution in [0, 0.1) is 0 Å². The fraction of sp³-hybridized carbons (Fsp3) is 0.889. The summed E-state index contributed by atoms with van der Waals surface area (Å²) in [6, 6.07) is 0.196. The standard InChI is InChI=1S/C9H16N2O/c1-8(12)9-7-10-3-2-4-11(9)6-5-10/h9H,2-7H2,1H3. The molecule has 3 heteroatoms. The molecule has 0 N–H and O–H groups in total. The van der Waals surface area contributed by atoms with Crippen molar-refractivity contribution in [3.05, 3.63) is 0 Å². The highest BCUT2D eigenvalue weighted by Crippen LogP contribution is 2.15. The number of fused-ring (bicyclic) bond motifs is 4. The quantitative estimate of drug-likeness (QED) is 0.549. The van der Waals surface area contributed by atoms with E-state index in [0.717, 1.165) is 26.2 Å². The van der Waals surface area contributed by atoms with Gasteiger partial charge in [-0.3, -0.25) is 9.69 Å². The average molecular weight is 168 g/mol. The Morgan fingerprint density at radius 2 is 2.08 bits per heavy atom. The van der Waals surface area contributed by atoms with E-state index in [1.165, 1.54) is 13.0 Å². The van der Waals surface area contributed by atoms with Crippen LogP contribution in [0.15, 0.2) is 0 Å². The highest BCUT2D eigenvalue weighted by atomic mass is 16.1. The summed E-state index contributed by atoms with van der Waals surface area (Å²) in [6.07, 6.45) is 1.23. The number of Topliss-reactive ketones (excluding diaryl/α,β-unsaturated/α-hetero) is 1. The molecule has 0 amide bonds. The first-order chi connectivity index (χ1) is 5.77. The summed E-state index contributed by atoms with van der Waals surface area (Å²) in [6.45, 7) is 7.22. The SMILES string of the molecule is CC(=O)C1CN2CCCN1CC2. The van der Waals surface area contributed by atoms with Gasteiger partial charge in [0.15, 0.2) is 0 Å². The van der Waals surface area contributed by atoms with Crippen molar-refractivity contribution in [1.82, 2.24) is 9.80 Å². The van der Waals surface area contributed by atoms with E-state index in [2.05, 4.69) is 9.80 Å². The van der Waals surface area contributed by atoms with Gasteiger partial charge in [0.25, 0.3) is 0 Å². The Bertz CT molecular complexity index is 189. The van der Waals surface area contributed by atoms with Crippen molar-refractivity contribution in [3.8, 4) is 0 Å². The molecule has 3 rings (SSSR count). The largest absolute Gasteiger partial charge is 0.300 e. The molecular weight excluding hydrogens is 152 g/mol. The zero-order valence-corrected chi connectivity index (χ0v) is 7.62. The normalized spacial score (nSPS) is 40.9. The van der Waals surface area contributed by atoms with Crippen molar-refractivity contribution in [3.63, 3.8) is 0 Å². The number of rotatable bonds is 1. The molecule has 3 unspecified atom stereocenters. The van der Waals surface area contributed by atoms with Gasteiger partial charge in [0.2, 0.25) is 0 Å². The maximum Gasteiger partial charge on any atom is 0.148 e. The molecule has 3 saturated heterocycles. The van der Waals surface area contributed by atoms with Crippen molar-refractivity contribution in [2.45, 2.75) is 19.4 Å². The smallest absolute Gasteiger partial charge is 0.148 e. The van der Waals surface area contributed by atoms with E-state index in [-0.39, 0.29) is 6.04 Å². The van der Waals surface area contributed by atoms with E-state index in [1.54, 1.807) is 6.92 Å². The highest BCUT2D eigenvalue weighted by Gasteiger charge is 2.31. The molecule has 3 fully saturated rings. The summed E-state index contributed by atoms with van der Waals surface area (Å²) in [4.78, 5) is 16.0. The summed E-state index contributed by atoms with van der Waals surface area (Å²) in [5.74, 6) is 0.335. The number of ketones is 1. The molecule has 3 atom stereocenters. The molecule has 3 aliphatic rings. The van der Waals surface area contributed by atoms with Crippen LogP contribution >= 0.6 is 0 Å². The Kier molecular flexibility index (Phi) is 2.15. The van der Waals surface area contributed by atoms with Gasteiger partial charge < -0.3 is 4.90 Å². The molecule has 2 bridgehead atoms. The Labute approximate surface area is 73.3 Å². The van der Waals surface area contributed by atoms with Gasteiger partial charge in [-0.05, 0) is 19.9 Å². The Hall–Kier alpha value is -0.410. The lowest BCUT2D eigenvalue weighted by molar-refractivity contribution is -0.123. The van der Waals surface area contributed by atoms with Gasteiger partial charge >= 0.3 is 0 Å². The number of carbonyl (C=O) groups is 1. The third-order valence-corrected chi connectivity index (χ3v) is 2.96. The van der Waals surface area contributed by atoms with Gasteiger partial charge in [-0.15, -0.1) is 0 Å². The van der Waals surface area contributed by atoms with E-state index < -0.39 is 0 Å². The zero-order valence-electron chi connectivity index (χ0n) is 7.62. The summed E-state index contributed by atoms with van der Waals surface area (Å²) in [5, 5.41) is 0. The van der Waals surface area contributed by atoms with Crippen LogP contribution in [0.1, 0.15) is 13.3 Å². The van der Waals surface area contributed by atoms with Crippen molar-refractivity contribution in [1.29, 1.82) is 0 Å². The molecule has 0 spiro atoms. The Morgan fingerprint density at radius 3 is 2.83 bits per heavy atom. The third-order valence-electron chi connectivity index (χ3n) is 2.96. The van der Waals surface area contributed by atoms with Crippen molar-refractivity contribution in [2.24, 2.45) is 0 Å². The molecule has 0 saturated carbocycles. The van der Waals surface area contributed by atoms with E-state index in [9.17, 15) is 4.79 Å². The van der Waals surface area contributed by atoms with Crippen LogP contribution in [0.25, 0.3) is 0 Å². The number of piperazine rings is 1. The first-order valence-corrected chi connectivity index (χ1v) is 4.74. The molecule has 3 aliphatic heterocycles. The van der Waals surface area contributed by atoms with Crippen LogP contribution in [0.2, 0.25) is 0 Å². The topological polar surface area (TPSA) is 23.6 Å². The minimum atomic E-state index is 0.196. The molecule has 68 valence electrons. The molecule has 3 nitrogen and oxygen atoms in total. The summed E-state index contributed by atoms with van der Waals surface area (Å²) < 4.78 is 0. The van der Waals surface area contributed by atoms with Gasteiger partial charge in [-0.2, -0.15) is 0 Å². The van der Waals surface area contributed by atoms with Crippen LogP contribution in [-0.2, 0) is 4.79 Å². The number of nitrogens with zero attached hydrogens (tertiary/aromatic N) is 2. The Balaban J connectivity index is 2.11. The Morgan fingerprint density at radius 1 is 1.25 bits per heavy atom. The summed E-state index contributed by atoms with van der Waals surface area (Å²) in [7, 11) is 0. The fourth-order valence-electron chi connectivity index (χ4n) is 2.23. The molecule has 0 aromatic carbocycles. The highest BCUT2D eigenvalue weighted by molar-refractivity contribution is 5.81. The lowest BCUT2D eigenvalue weighted by Crippen LogP contribution is -2.52. The van der Waals surface area contributed by atoms with Crippen LogP contribution < -0.4 is 0 Å². The van der Waals surface area contributed by atoms with Crippen LogP contribution in [0.3, 0.4) is 0 Å². The second kappa shape index (κ2) is 3.15. The second-order valence-electron chi connectivity index (χ2n) is 3.82. The molecular formula is C9H16N2O. The lowest BCUT2D eigenvalue weighted by atomic mass is 10.1. The van der Waals surface area contributed by atoms with Crippen molar-refractivity contribution >= 4 is 5.78 Å². The summed E-state index contributed by atoms with van der Waals surface area (Å²) in [5.41, 5.74) is 0. The lowest BCUT2D eigenvalue weighted by Gasteiger charge is -2.35. The summed E-state index contributed by atoms with van der Waals surface area (Å²) >= 11 is 0. The van der Waals surface area contributed by atoms with Crippen molar-refractivity contribution < 1.29 is 4.79 Å². The number of hydrogen-bond acceptors (Lipinski definition) is 3. The molecule has 0 aliphatic carbocycles. The predicted molar refractivity (Wildman–Crippen MR) is 47.1 cm³/mol. The second-order valence-corrected chi connectivity index (χ2v) is 3.82. The molecule has 0 radical (unpaired) electrons. The van der Waals surface area contributed by atoms with Gasteiger partial charge in [0.05, 0.1) is 6.04 Å². The number of carbonyl (C=O) groups excluding carboxylic acids is 1. The molecule has 0 aromatic heterocycles. The first kappa shape index (κ1) is 8.20. The van der Waals surface area contributed by atoms with Crippen LogP contribution in [0.4, 0.5) is 0 Å². The minimum absolute atomic E-state index is 0.196. The van der Waals surface area contributed by atoms with Gasteiger partial charge in [0.1, 0.15) is 5.78 Å². The monoisotopic (exact) mass is 168 g/mol. The van der Waals surface area contributed by atoms with E-state index in [1.807, 2.05) is 0 Å². The van der Waals surface area contributed by atoms with Gasteiger partial charge in [-0.1, -0.05) is 0 Å². The molecule has 12 heavy (non-hydrogen) atoms. The van der Waals surface area contributed by atoms with E-state index in [0.29, 0.717) is 5.78 Å². The van der Waals surface area contributed by atoms with Gasteiger partial charge in [0, 0.05) is 26.2 Å². The van der Waals surface area contributed by atoms with Gasteiger partial charge in [-0.25, -0.2) is 0 Å². The maximum atomic E-state index is 11.3. The van der Waals surface area contributed by atoms with E-state index in [4.69, 9.17) is 0 Å². The molecule has 0 aromatic rings. The fourth-order valence-corrected chi connectivity index (χ4v) is 2.23. The van der Waals surface area contributed by atoms with Crippen LogP contribution in [-0.4, -0.2) is 54.3 Å². The zero-order chi connectivity index (χ0) is 8.55. The molecule has 3 heterocycles. The minimum Gasteiger partial charge on any atom is -0.300 e. The van der Waals surface area contributed by atoms with Crippen molar-refractivity contribution in [2.75, 3.05) is 32.7 Å². The van der Waals surface area contributed by atoms with E-state index >= 15 is 0 Å². The number of hydrogen-bond donors (Lipinski definition) is 0. The maximum absolute atomic E-state index is 11.3.